The van der Waals surface area contributed by atoms with Crippen molar-refractivity contribution in [2.45, 2.75) is 32.0 Å². The SMILES string of the molecule is C=C(C(=O)OC(C)(C)CCOC(=O)c1ccc2ccccc2c1)C(F)(F)F. The molecule has 2 aromatic rings. The van der Waals surface area contributed by atoms with E-state index in [0.717, 1.165) is 10.8 Å². The van der Waals surface area contributed by atoms with Crippen molar-refractivity contribution in [2.75, 3.05) is 6.61 Å². The molecule has 2 aromatic carbocycles. The number of hydrogen-bond donors (Lipinski definition) is 0. The van der Waals surface area contributed by atoms with Gasteiger partial charge in [0.25, 0.3) is 0 Å². The summed E-state index contributed by atoms with van der Waals surface area (Å²) >= 11 is 0. The molecule has 0 radical (unpaired) electrons. The molecule has 0 unspecified atom stereocenters. The summed E-state index contributed by atoms with van der Waals surface area (Å²) in [7, 11) is 0. The van der Waals surface area contributed by atoms with Crippen LogP contribution >= 0.6 is 0 Å². The van der Waals surface area contributed by atoms with Gasteiger partial charge in [-0.15, -0.1) is 0 Å². The van der Waals surface area contributed by atoms with Crippen molar-refractivity contribution < 1.29 is 32.2 Å². The highest BCUT2D eigenvalue weighted by molar-refractivity contribution is 5.95. The average molecular weight is 380 g/mol. The Morgan fingerprint density at radius 3 is 2.30 bits per heavy atom. The first-order valence-electron chi connectivity index (χ1n) is 8.15. The summed E-state index contributed by atoms with van der Waals surface area (Å²) in [6.45, 7) is 5.44. The molecular weight excluding hydrogens is 361 g/mol. The highest BCUT2D eigenvalue weighted by Crippen LogP contribution is 2.27. The molecule has 0 N–H and O–H groups in total. The molecule has 4 nitrogen and oxygen atoms in total. The Labute approximate surface area is 154 Å². The molecule has 2 rings (SSSR count). The van der Waals surface area contributed by atoms with Gasteiger partial charge in [0.05, 0.1) is 12.2 Å². The molecule has 7 heteroatoms. The van der Waals surface area contributed by atoms with Crippen LogP contribution < -0.4 is 0 Å². The molecule has 0 aliphatic rings. The molecule has 0 aliphatic heterocycles. The first kappa shape index (κ1) is 20.5. The van der Waals surface area contributed by atoms with Crippen LogP contribution in [-0.4, -0.2) is 30.3 Å². The van der Waals surface area contributed by atoms with Gasteiger partial charge in [-0.3, -0.25) is 0 Å². The summed E-state index contributed by atoms with van der Waals surface area (Å²) in [4.78, 5) is 23.6. The number of fused-ring (bicyclic) bond motifs is 1. The second-order valence-electron chi connectivity index (χ2n) is 6.57. The second kappa shape index (κ2) is 7.82. The maximum Gasteiger partial charge on any atom is 0.422 e. The van der Waals surface area contributed by atoms with Crippen molar-refractivity contribution in [3.05, 3.63) is 60.2 Å². The minimum absolute atomic E-state index is 0.0310. The number of alkyl halides is 3. The number of ether oxygens (including phenoxy) is 2. The van der Waals surface area contributed by atoms with Crippen molar-refractivity contribution in [3.63, 3.8) is 0 Å². The molecule has 144 valence electrons. The maximum atomic E-state index is 12.5. The van der Waals surface area contributed by atoms with Crippen LogP contribution in [0.2, 0.25) is 0 Å². The van der Waals surface area contributed by atoms with Gasteiger partial charge in [-0.05, 0) is 36.8 Å². The Balaban J connectivity index is 1.90. The first-order valence-corrected chi connectivity index (χ1v) is 8.15. The molecule has 0 fully saturated rings. The summed E-state index contributed by atoms with van der Waals surface area (Å²) in [5.74, 6) is -2.11. The lowest BCUT2D eigenvalue weighted by Crippen LogP contribution is -2.33. The van der Waals surface area contributed by atoms with Crippen molar-refractivity contribution in [3.8, 4) is 0 Å². The molecule has 0 saturated carbocycles. The van der Waals surface area contributed by atoms with Crippen LogP contribution in [0.5, 0.6) is 0 Å². The number of rotatable bonds is 6. The Bertz CT molecular complexity index is 869. The maximum absolute atomic E-state index is 12.5. The van der Waals surface area contributed by atoms with Crippen molar-refractivity contribution >= 4 is 22.7 Å². The van der Waals surface area contributed by atoms with E-state index in [4.69, 9.17) is 9.47 Å². The third kappa shape index (κ3) is 5.57. The van der Waals surface area contributed by atoms with E-state index in [1.165, 1.54) is 13.8 Å². The lowest BCUT2D eigenvalue weighted by atomic mass is 10.1. The van der Waals surface area contributed by atoms with Crippen LogP contribution in [-0.2, 0) is 14.3 Å². The molecule has 0 spiro atoms. The van der Waals surface area contributed by atoms with Crippen molar-refractivity contribution in [1.82, 2.24) is 0 Å². The fourth-order valence-corrected chi connectivity index (χ4v) is 2.27. The van der Waals surface area contributed by atoms with Crippen LogP contribution in [0, 0.1) is 0 Å². The van der Waals surface area contributed by atoms with Crippen LogP contribution in [0.3, 0.4) is 0 Å². The minimum atomic E-state index is -4.85. The lowest BCUT2D eigenvalue weighted by molar-refractivity contribution is -0.162. The minimum Gasteiger partial charge on any atom is -0.462 e. The van der Waals surface area contributed by atoms with E-state index < -0.39 is 29.3 Å². The quantitative estimate of drug-likeness (QED) is 0.532. The van der Waals surface area contributed by atoms with Crippen LogP contribution in [0.25, 0.3) is 10.8 Å². The highest BCUT2D eigenvalue weighted by atomic mass is 19.4. The normalized spacial score (nSPS) is 11.9. The highest BCUT2D eigenvalue weighted by Gasteiger charge is 2.39. The predicted molar refractivity (Wildman–Crippen MR) is 94.2 cm³/mol. The zero-order chi connectivity index (χ0) is 20.2. The third-order valence-electron chi connectivity index (χ3n) is 3.88. The smallest absolute Gasteiger partial charge is 0.422 e. The summed E-state index contributed by atoms with van der Waals surface area (Å²) in [5.41, 5.74) is -2.48. The molecule has 0 aliphatic carbocycles. The summed E-state index contributed by atoms with van der Waals surface area (Å²) in [6.07, 6.45) is -4.82. The van der Waals surface area contributed by atoms with Crippen LogP contribution in [0.4, 0.5) is 13.2 Å². The Kier molecular flexibility index (Phi) is 5.93. The molecule has 0 atom stereocenters. The van der Waals surface area contributed by atoms with Gasteiger partial charge in [0, 0.05) is 6.42 Å². The summed E-state index contributed by atoms with van der Waals surface area (Å²) in [6, 6.07) is 12.6. The molecule has 27 heavy (non-hydrogen) atoms. The van der Waals surface area contributed by atoms with E-state index in [1.54, 1.807) is 18.2 Å². The monoisotopic (exact) mass is 380 g/mol. The van der Waals surface area contributed by atoms with Gasteiger partial charge >= 0.3 is 18.1 Å². The number of esters is 2. The number of carbonyl (C=O) groups is 2. The topological polar surface area (TPSA) is 52.6 Å². The zero-order valence-corrected chi connectivity index (χ0v) is 14.9. The molecule has 0 heterocycles. The van der Waals surface area contributed by atoms with Crippen LogP contribution in [0.1, 0.15) is 30.6 Å². The number of benzene rings is 2. The standard InChI is InChI=1S/C20H19F3O4/c1-13(20(21,22)23)17(24)27-19(2,3)10-11-26-18(25)16-9-8-14-6-4-5-7-15(14)12-16/h4-9,12H,1,10-11H2,2-3H3. The Morgan fingerprint density at radius 2 is 1.67 bits per heavy atom. The first-order chi connectivity index (χ1) is 12.5. The number of halogens is 3. The van der Waals surface area contributed by atoms with Crippen molar-refractivity contribution in [1.29, 1.82) is 0 Å². The molecule has 0 aromatic heterocycles. The largest absolute Gasteiger partial charge is 0.462 e. The van der Waals surface area contributed by atoms with E-state index in [0.29, 0.717) is 5.56 Å². The number of carbonyl (C=O) groups excluding carboxylic acids is 2. The van der Waals surface area contributed by atoms with E-state index in [9.17, 15) is 22.8 Å². The van der Waals surface area contributed by atoms with Crippen LogP contribution in [0.15, 0.2) is 54.6 Å². The molecule has 0 amide bonds. The van der Waals surface area contributed by atoms with Gasteiger partial charge in [-0.2, -0.15) is 13.2 Å². The average Bonchev–Trinajstić information content (AvgIpc) is 2.59. The third-order valence-corrected chi connectivity index (χ3v) is 3.88. The van der Waals surface area contributed by atoms with E-state index >= 15 is 0 Å². The zero-order valence-electron chi connectivity index (χ0n) is 14.9. The molecular formula is C20H19F3O4. The molecule has 0 saturated heterocycles. The van der Waals surface area contributed by atoms with Crippen molar-refractivity contribution in [2.24, 2.45) is 0 Å². The van der Waals surface area contributed by atoms with E-state index in [2.05, 4.69) is 6.58 Å². The van der Waals surface area contributed by atoms with Gasteiger partial charge in [-0.25, -0.2) is 9.59 Å². The predicted octanol–water partition coefficient (Wildman–Crippen LogP) is 4.83. The van der Waals surface area contributed by atoms with E-state index in [1.807, 2.05) is 24.3 Å². The van der Waals surface area contributed by atoms with Gasteiger partial charge in [0.1, 0.15) is 11.2 Å². The number of hydrogen-bond acceptors (Lipinski definition) is 4. The lowest BCUT2D eigenvalue weighted by Gasteiger charge is -2.25. The summed E-state index contributed by atoms with van der Waals surface area (Å²) < 4.78 is 47.4. The fraction of sp³-hybridized carbons (Fsp3) is 0.300. The van der Waals surface area contributed by atoms with Gasteiger partial charge in [0.2, 0.25) is 0 Å². The van der Waals surface area contributed by atoms with E-state index in [-0.39, 0.29) is 13.0 Å². The van der Waals surface area contributed by atoms with Gasteiger partial charge in [0.15, 0.2) is 0 Å². The van der Waals surface area contributed by atoms with Gasteiger partial charge < -0.3 is 9.47 Å². The fourth-order valence-electron chi connectivity index (χ4n) is 2.27. The second-order valence-corrected chi connectivity index (χ2v) is 6.57. The molecule has 0 bridgehead atoms. The Morgan fingerprint density at radius 1 is 1.04 bits per heavy atom. The Hall–Kier alpha value is -2.83. The van der Waals surface area contributed by atoms with Gasteiger partial charge in [-0.1, -0.05) is 36.9 Å². The summed E-state index contributed by atoms with van der Waals surface area (Å²) in [5, 5.41) is 1.86.